The maximum atomic E-state index is 15.3. The number of hydrogen-bond donors (Lipinski definition) is 4. The summed E-state index contributed by atoms with van der Waals surface area (Å²) >= 11 is 0. The molecule has 16 heteroatoms. The second kappa shape index (κ2) is 22.8. The number of amides is 4. The number of nitrogens with one attached hydrogen (secondary N) is 2. The van der Waals surface area contributed by atoms with Crippen LogP contribution in [0, 0.1) is 50.2 Å². The fraction of sp³-hybridized carbons (Fsp3) is 0.481. The van der Waals surface area contributed by atoms with Gasteiger partial charge in [0.25, 0.3) is 23.6 Å². The zero-order chi connectivity index (χ0) is 52.8. The van der Waals surface area contributed by atoms with Gasteiger partial charge >= 0.3 is 14.2 Å². The Balaban J connectivity index is 0.000000309. The summed E-state index contributed by atoms with van der Waals surface area (Å²) in [6.07, 6.45) is 2.90. The third-order valence-corrected chi connectivity index (χ3v) is 12.9. The van der Waals surface area contributed by atoms with Gasteiger partial charge in [0.15, 0.2) is 0 Å². The minimum Gasteiger partial charge on any atom is -0.423 e. The van der Waals surface area contributed by atoms with Gasteiger partial charge in [-0.25, -0.2) is 18.8 Å². The van der Waals surface area contributed by atoms with Gasteiger partial charge in [-0.3, -0.25) is 30.0 Å². The number of aryl methyl sites for hydroxylation is 4. The summed E-state index contributed by atoms with van der Waals surface area (Å²) in [5.74, 6) is -3.80. The minimum absolute atomic E-state index is 0.0687. The number of rotatable bonds is 12. The summed E-state index contributed by atoms with van der Waals surface area (Å²) in [5, 5.41) is 21.2. The predicted octanol–water partition coefficient (Wildman–Crippen LogP) is 8.87. The van der Waals surface area contributed by atoms with Crippen molar-refractivity contribution < 1.29 is 47.3 Å². The molecule has 0 aromatic heterocycles. The molecule has 4 amide bonds. The highest BCUT2D eigenvalue weighted by Gasteiger charge is 2.52. The first-order valence-electron chi connectivity index (χ1n) is 24.1. The molecular formula is C54H74B2F2N4O8. The SMILES string of the molecule is CCC[C@@H](N(NC(=O)c1ccc(B(O)O)cc1F)C(=O)c1cc(C)cc(C)c1)C(C)(C)C.CCC[C@@H](N(NC(=O)c1ccc(B2OC(C)(C)C(C)(C)O2)cc1F)C(=O)c1cc(C)cc(C)c1)C(C)(C)C. The molecule has 4 aromatic carbocycles. The van der Waals surface area contributed by atoms with Gasteiger partial charge in [-0.1, -0.05) is 115 Å². The molecule has 378 valence electrons. The fourth-order valence-electron chi connectivity index (χ4n) is 8.52. The largest absolute Gasteiger partial charge is 0.494 e. The number of carbonyl (C=O) groups is 4. The molecule has 0 unspecified atom stereocenters. The molecule has 5 rings (SSSR count). The topological polar surface area (TPSA) is 158 Å². The Morgan fingerprint density at radius 3 is 1.29 bits per heavy atom. The average Bonchev–Trinajstić information content (AvgIpc) is 3.46. The van der Waals surface area contributed by atoms with Gasteiger partial charge in [0.1, 0.15) is 11.6 Å². The molecule has 0 radical (unpaired) electrons. The Morgan fingerprint density at radius 2 is 0.971 bits per heavy atom. The molecular weight excluding hydrogens is 892 g/mol. The third-order valence-electron chi connectivity index (χ3n) is 12.9. The first-order chi connectivity index (χ1) is 32.3. The molecule has 12 nitrogen and oxygen atoms in total. The molecule has 1 aliphatic heterocycles. The summed E-state index contributed by atoms with van der Waals surface area (Å²) < 4.78 is 41.9. The summed E-state index contributed by atoms with van der Waals surface area (Å²) in [4.78, 5) is 53.8. The van der Waals surface area contributed by atoms with Crippen LogP contribution in [0.1, 0.15) is 172 Å². The van der Waals surface area contributed by atoms with Crippen LogP contribution in [0.5, 0.6) is 0 Å². The van der Waals surface area contributed by atoms with Gasteiger partial charge in [-0.15, -0.1) is 0 Å². The van der Waals surface area contributed by atoms with Gasteiger partial charge in [0.05, 0.1) is 34.4 Å². The van der Waals surface area contributed by atoms with Crippen LogP contribution in [-0.2, 0) is 9.31 Å². The lowest BCUT2D eigenvalue weighted by molar-refractivity contribution is 0.00578. The highest BCUT2D eigenvalue weighted by atomic mass is 19.1. The molecule has 0 saturated carbocycles. The van der Waals surface area contributed by atoms with Crippen molar-refractivity contribution in [1.82, 2.24) is 20.9 Å². The smallest absolute Gasteiger partial charge is 0.423 e. The monoisotopic (exact) mass is 967 g/mol. The van der Waals surface area contributed by atoms with E-state index in [1.54, 1.807) is 30.3 Å². The summed E-state index contributed by atoms with van der Waals surface area (Å²) in [6.45, 7) is 31.4. The number of hydrazine groups is 2. The number of nitrogens with zero attached hydrogens (tertiary/aromatic N) is 2. The second-order valence-corrected chi connectivity index (χ2v) is 21.8. The molecule has 1 aliphatic rings. The Morgan fingerprint density at radius 1 is 0.614 bits per heavy atom. The molecule has 70 heavy (non-hydrogen) atoms. The van der Waals surface area contributed by atoms with Crippen molar-refractivity contribution >= 4 is 48.8 Å². The first-order valence-corrected chi connectivity index (χ1v) is 24.1. The highest BCUT2D eigenvalue weighted by molar-refractivity contribution is 6.62. The standard InChI is InChI=1S/C30H42BFN2O4.C24H32BFN2O4/c1-11-12-25(28(4,5)6)34(27(36)21-16-19(2)15-20(3)17-21)33-26(35)23-14-13-22(18-24(23)32)31-37-29(7,8)30(9,10)38-31;1-7-8-21(24(4,5)6)28(23(30)17-12-15(2)11-16(3)13-17)27-22(29)19-10-9-18(25(31)32)14-20(19)26/h13-18,25H,11-12H2,1-10H3,(H,33,35);9-14,21,31-32H,7-8H2,1-6H3,(H,27,29)/t25-;21-/m11/s1. The predicted molar refractivity (Wildman–Crippen MR) is 274 cm³/mol. The van der Waals surface area contributed by atoms with E-state index < -0.39 is 48.9 Å². The van der Waals surface area contributed by atoms with E-state index in [1.807, 2.05) is 123 Å². The van der Waals surface area contributed by atoms with Gasteiger partial charge in [-0.2, -0.15) is 0 Å². The highest BCUT2D eigenvalue weighted by Crippen LogP contribution is 2.37. The van der Waals surface area contributed by atoms with Crippen molar-refractivity contribution in [3.63, 3.8) is 0 Å². The zero-order valence-electron chi connectivity index (χ0n) is 44.1. The Labute approximate surface area is 415 Å². The van der Waals surface area contributed by atoms with Gasteiger partial charge in [0.2, 0.25) is 0 Å². The number of hydrogen-bond acceptors (Lipinski definition) is 8. The average molecular weight is 967 g/mol. The zero-order valence-corrected chi connectivity index (χ0v) is 44.1. The van der Waals surface area contributed by atoms with Crippen molar-refractivity contribution in [2.24, 2.45) is 10.8 Å². The lowest BCUT2D eigenvalue weighted by Crippen LogP contribution is -2.56. The van der Waals surface area contributed by atoms with Crippen LogP contribution in [0.25, 0.3) is 0 Å². The fourth-order valence-corrected chi connectivity index (χ4v) is 8.52. The van der Waals surface area contributed by atoms with Gasteiger partial charge in [-0.05, 0) is 139 Å². The first kappa shape index (κ1) is 57.2. The maximum absolute atomic E-state index is 15.3. The van der Waals surface area contributed by atoms with Crippen molar-refractivity contribution in [2.75, 3.05) is 0 Å². The molecule has 1 fully saturated rings. The maximum Gasteiger partial charge on any atom is 0.494 e. The molecule has 4 N–H and O–H groups in total. The molecule has 0 spiro atoms. The molecule has 0 bridgehead atoms. The molecule has 0 aliphatic carbocycles. The van der Waals surface area contributed by atoms with Crippen LogP contribution >= 0.6 is 0 Å². The quantitative estimate of drug-likeness (QED) is 0.0811. The van der Waals surface area contributed by atoms with Crippen LogP contribution in [0.15, 0.2) is 72.8 Å². The lowest BCUT2D eigenvalue weighted by Gasteiger charge is -2.40. The van der Waals surface area contributed by atoms with Crippen molar-refractivity contribution in [1.29, 1.82) is 0 Å². The van der Waals surface area contributed by atoms with E-state index in [2.05, 4.69) is 10.9 Å². The van der Waals surface area contributed by atoms with Gasteiger partial charge in [0, 0.05) is 11.1 Å². The minimum atomic E-state index is -1.85. The van der Waals surface area contributed by atoms with Crippen LogP contribution in [0.2, 0.25) is 0 Å². The van der Waals surface area contributed by atoms with E-state index >= 15 is 4.39 Å². The van der Waals surface area contributed by atoms with E-state index in [0.29, 0.717) is 29.4 Å². The molecule has 1 saturated heterocycles. The van der Waals surface area contributed by atoms with Crippen molar-refractivity contribution in [3.8, 4) is 0 Å². The molecule has 4 aromatic rings. The van der Waals surface area contributed by atoms with Crippen LogP contribution in [-0.4, -0.2) is 81.2 Å². The van der Waals surface area contributed by atoms with E-state index in [0.717, 1.165) is 41.2 Å². The van der Waals surface area contributed by atoms with E-state index in [4.69, 9.17) is 9.31 Å². The van der Waals surface area contributed by atoms with Crippen LogP contribution < -0.4 is 21.8 Å². The Bertz CT molecular complexity index is 2480. The normalized spacial score (nSPS) is 15.0. The lowest BCUT2D eigenvalue weighted by atomic mass is 9.78. The Kier molecular flexibility index (Phi) is 18.6. The van der Waals surface area contributed by atoms with E-state index in [9.17, 15) is 33.6 Å². The molecule has 2 atom stereocenters. The van der Waals surface area contributed by atoms with E-state index in [-0.39, 0.29) is 51.3 Å². The van der Waals surface area contributed by atoms with Gasteiger partial charge < -0.3 is 19.4 Å². The number of benzene rings is 4. The molecule has 1 heterocycles. The summed E-state index contributed by atoms with van der Waals surface area (Å²) in [5.41, 5.74) is 8.18. The second-order valence-electron chi connectivity index (χ2n) is 21.8. The Hall–Kier alpha value is -5.41. The van der Waals surface area contributed by atoms with Crippen molar-refractivity contribution in [3.05, 3.63) is 129 Å². The van der Waals surface area contributed by atoms with E-state index in [1.165, 1.54) is 34.3 Å². The van der Waals surface area contributed by atoms with Crippen LogP contribution in [0.3, 0.4) is 0 Å². The van der Waals surface area contributed by atoms with Crippen LogP contribution in [0.4, 0.5) is 8.78 Å². The summed E-state index contributed by atoms with van der Waals surface area (Å²) in [7, 11) is -2.59. The number of halogens is 2. The number of carbonyl (C=O) groups excluding carboxylic acids is 4. The third kappa shape index (κ3) is 14.1. The van der Waals surface area contributed by atoms with Crippen molar-refractivity contribution in [2.45, 2.75) is 160 Å². The summed E-state index contributed by atoms with van der Waals surface area (Å²) in [6, 6.07) is 18.1.